The molecule has 1 saturated carbocycles. The number of hydrogen-bond acceptors (Lipinski definition) is 0. The van der Waals surface area contributed by atoms with Crippen molar-refractivity contribution in [2.75, 3.05) is 0 Å². The SMILES string of the molecule is BrC(Cc1ccc2ccccc2c1)C1CCCCCC1. The van der Waals surface area contributed by atoms with Crippen molar-refractivity contribution >= 4 is 26.7 Å². The van der Waals surface area contributed by atoms with Crippen LogP contribution in [-0.2, 0) is 6.42 Å². The molecule has 2 aromatic rings. The van der Waals surface area contributed by atoms with Crippen molar-refractivity contribution < 1.29 is 0 Å². The Hall–Kier alpha value is -0.820. The number of fused-ring (bicyclic) bond motifs is 1. The molecule has 0 nitrogen and oxygen atoms in total. The summed E-state index contributed by atoms with van der Waals surface area (Å²) >= 11 is 3.97. The summed E-state index contributed by atoms with van der Waals surface area (Å²) in [7, 11) is 0. The van der Waals surface area contributed by atoms with Gasteiger partial charge in [-0.2, -0.15) is 0 Å². The third-order valence-corrected chi connectivity index (χ3v) is 5.73. The van der Waals surface area contributed by atoms with Crippen LogP contribution in [0.1, 0.15) is 44.1 Å². The van der Waals surface area contributed by atoms with Gasteiger partial charge < -0.3 is 0 Å². The molecule has 20 heavy (non-hydrogen) atoms. The molecule has 0 amide bonds. The molecular formula is C19H23Br. The van der Waals surface area contributed by atoms with E-state index >= 15 is 0 Å². The molecule has 0 spiro atoms. The molecule has 0 aliphatic heterocycles. The number of hydrogen-bond donors (Lipinski definition) is 0. The summed E-state index contributed by atoms with van der Waals surface area (Å²) in [6.07, 6.45) is 9.69. The predicted octanol–water partition coefficient (Wildman–Crippen LogP) is 6.12. The van der Waals surface area contributed by atoms with Crippen LogP contribution in [0.3, 0.4) is 0 Å². The molecule has 1 fully saturated rings. The molecular weight excluding hydrogens is 308 g/mol. The maximum atomic E-state index is 3.97. The lowest BCUT2D eigenvalue weighted by Gasteiger charge is -2.21. The average molecular weight is 331 g/mol. The van der Waals surface area contributed by atoms with Crippen LogP contribution in [0.4, 0.5) is 0 Å². The van der Waals surface area contributed by atoms with Crippen LogP contribution in [0, 0.1) is 5.92 Å². The Kier molecular flexibility index (Phi) is 4.77. The number of halogens is 1. The highest BCUT2D eigenvalue weighted by atomic mass is 79.9. The number of rotatable bonds is 3. The van der Waals surface area contributed by atoms with Crippen molar-refractivity contribution in [1.82, 2.24) is 0 Å². The van der Waals surface area contributed by atoms with Gasteiger partial charge in [-0.1, -0.05) is 84.1 Å². The molecule has 106 valence electrons. The van der Waals surface area contributed by atoms with Gasteiger partial charge in [0.25, 0.3) is 0 Å². The van der Waals surface area contributed by atoms with E-state index in [4.69, 9.17) is 0 Å². The van der Waals surface area contributed by atoms with E-state index in [9.17, 15) is 0 Å². The lowest BCUT2D eigenvalue weighted by molar-refractivity contribution is 0.445. The van der Waals surface area contributed by atoms with E-state index in [2.05, 4.69) is 58.4 Å². The molecule has 0 radical (unpaired) electrons. The zero-order chi connectivity index (χ0) is 13.8. The largest absolute Gasteiger partial charge is 0.0884 e. The van der Waals surface area contributed by atoms with Crippen molar-refractivity contribution in [3.63, 3.8) is 0 Å². The van der Waals surface area contributed by atoms with Crippen molar-refractivity contribution in [2.45, 2.75) is 49.8 Å². The minimum atomic E-state index is 0.641. The summed E-state index contributed by atoms with van der Waals surface area (Å²) in [6.45, 7) is 0. The first-order valence-electron chi connectivity index (χ1n) is 7.95. The fraction of sp³-hybridized carbons (Fsp3) is 0.474. The van der Waals surface area contributed by atoms with Gasteiger partial charge in [-0.15, -0.1) is 0 Å². The molecule has 0 heterocycles. The first-order chi connectivity index (χ1) is 9.83. The van der Waals surface area contributed by atoms with Gasteiger partial charge in [-0.05, 0) is 41.5 Å². The predicted molar refractivity (Wildman–Crippen MR) is 91.6 cm³/mol. The van der Waals surface area contributed by atoms with E-state index in [1.54, 1.807) is 0 Å². The molecule has 1 atom stereocenters. The minimum Gasteiger partial charge on any atom is -0.0884 e. The summed E-state index contributed by atoms with van der Waals surface area (Å²) < 4.78 is 0. The van der Waals surface area contributed by atoms with E-state index in [0.717, 1.165) is 12.3 Å². The molecule has 1 aliphatic rings. The van der Waals surface area contributed by atoms with Gasteiger partial charge in [-0.25, -0.2) is 0 Å². The van der Waals surface area contributed by atoms with E-state index in [1.165, 1.54) is 54.9 Å². The maximum absolute atomic E-state index is 3.97. The molecule has 2 aromatic carbocycles. The third-order valence-electron chi connectivity index (χ3n) is 4.66. The highest BCUT2D eigenvalue weighted by molar-refractivity contribution is 9.09. The number of benzene rings is 2. The van der Waals surface area contributed by atoms with Crippen LogP contribution >= 0.6 is 15.9 Å². The first-order valence-corrected chi connectivity index (χ1v) is 8.86. The quantitative estimate of drug-likeness (QED) is 0.470. The van der Waals surface area contributed by atoms with E-state index < -0.39 is 0 Å². The molecule has 0 N–H and O–H groups in total. The van der Waals surface area contributed by atoms with Gasteiger partial charge in [0.2, 0.25) is 0 Å². The maximum Gasteiger partial charge on any atom is 0.0214 e. The fourth-order valence-electron chi connectivity index (χ4n) is 3.43. The van der Waals surface area contributed by atoms with Crippen molar-refractivity contribution in [1.29, 1.82) is 0 Å². The van der Waals surface area contributed by atoms with Gasteiger partial charge in [0.1, 0.15) is 0 Å². The Bertz CT molecular complexity index is 552. The van der Waals surface area contributed by atoms with Crippen molar-refractivity contribution in [2.24, 2.45) is 5.92 Å². The highest BCUT2D eigenvalue weighted by Gasteiger charge is 2.20. The van der Waals surface area contributed by atoms with Gasteiger partial charge in [0.15, 0.2) is 0 Å². The summed E-state index contributed by atoms with van der Waals surface area (Å²) in [5.41, 5.74) is 1.47. The molecule has 0 saturated heterocycles. The summed E-state index contributed by atoms with van der Waals surface area (Å²) in [5.74, 6) is 0.865. The van der Waals surface area contributed by atoms with Crippen LogP contribution < -0.4 is 0 Å². The van der Waals surface area contributed by atoms with E-state index in [-0.39, 0.29) is 0 Å². The standard InChI is InChI=1S/C19H23Br/c20-19(17-8-3-1-2-4-9-17)14-15-11-12-16-7-5-6-10-18(16)13-15/h5-7,10-13,17,19H,1-4,8-9,14H2. The van der Waals surface area contributed by atoms with Crippen LogP contribution in [0.15, 0.2) is 42.5 Å². The molecule has 0 bridgehead atoms. The Morgan fingerprint density at radius 1 is 0.900 bits per heavy atom. The van der Waals surface area contributed by atoms with Crippen molar-refractivity contribution in [3.05, 3.63) is 48.0 Å². The van der Waals surface area contributed by atoms with Gasteiger partial charge in [-0.3, -0.25) is 0 Å². The Labute approximate surface area is 130 Å². The zero-order valence-electron chi connectivity index (χ0n) is 12.0. The second-order valence-electron chi connectivity index (χ2n) is 6.15. The topological polar surface area (TPSA) is 0 Å². The molecule has 3 rings (SSSR count). The first kappa shape index (κ1) is 14.1. The smallest absolute Gasteiger partial charge is 0.0214 e. The van der Waals surface area contributed by atoms with Crippen LogP contribution in [0.2, 0.25) is 0 Å². The summed E-state index contributed by atoms with van der Waals surface area (Å²) in [4.78, 5) is 0.641. The second kappa shape index (κ2) is 6.76. The minimum absolute atomic E-state index is 0.641. The van der Waals surface area contributed by atoms with Crippen LogP contribution in [-0.4, -0.2) is 4.83 Å². The monoisotopic (exact) mass is 330 g/mol. The Morgan fingerprint density at radius 3 is 2.35 bits per heavy atom. The van der Waals surface area contributed by atoms with E-state index in [1.807, 2.05) is 0 Å². The summed E-state index contributed by atoms with van der Waals surface area (Å²) in [5, 5.41) is 2.71. The highest BCUT2D eigenvalue weighted by Crippen LogP contribution is 2.31. The van der Waals surface area contributed by atoms with Crippen molar-refractivity contribution in [3.8, 4) is 0 Å². The molecule has 1 aliphatic carbocycles. The van der Waals surface area contributed by atoms with Gasteiger partial charge in [0.05, 0.1) is 0 Å². The van der Waals surface area contributed by atoms with E-state index in [0.29, 0.717) is 4.83 Å². The number of alkyl halides is 1. The Balaban J connectivity index is 1.71. The lowest BCUT2D eigenvalue weighted by atomic mass is 9.92. The van der Waals surface area contributed by atoms with Gasteiger partial charge >= 0.3 is 0 Å². The zero-order valence-corrected chi connectivity index (χ0v) is 13.6. The third kappa shape index (κ3) is 3.44. The lowest BCUT2D eigenvalue weighted by Crippen LogP contribution is -2.16. The average Bonchev–Trinajstić information content (AvgIpc) is 2.76. The normalized spacial score (nSPS) is 18.9. The summed E-state index contributed by atoms with van der Waals surface area (Å²) in [6, 6.07) is 15.6. The Morgan fingerprint density at radius 2 is 1.60 bits per heavy atom. The molecule has 1 heteroatoms. The molecule has 1 unspecified atom stereocenters. The fourth-order valence-corrected chi connectivity index (χ4v) is 4.33. The van der Waals surface area contributed by atoms with Gasteiger partial charge in [0, 0.05) is 4.83 Å². The van der Waals surface area contributed by atoms with Crippen LogP contribution in [0.5, 0.6) is 0 Å². The van der Waals surface area contributed by atoms with Crippen LogP contribution in [0.25, 0.3) is 10.8 Å². The second-order valence-corrected chi connectivity index (χ2v) is 7.33. The molecule has 0 aromatic heterocycles.